The number of carbonyl (C=O) groups is 2. The predicted octanol–water partition coefficient (Wildman–Crippen LogP) is 16.0. The fourth-order valence-corrected chi connectivity index (χ4v) is 15.9. The summed E-state index contributed by atoms with van der Waals surface area (Å²) in [4.78, 5) is 32.4. The lowest BCUT2D eigenvalue weighted by atomic mass is 10.1. The summed E-state index contributed by atoms with van der Waals surface area (Å²) >= 11 is 9.29. The molecule has 0 amide bonds. The molecular weight excluding hydrogens is 1050 g/mol. The van der Waals surface area contributed by atoms with E-state index >= 15 is 0 Å². The molecule has 0 spiro atoms. The van der Waals surface area contributed by atoms with Crippen molar-refractivity contribution >= 4 is 128 Å². The van der Waals surface area contributed by atoms with Crippen LogP contribution in [0.1, 0.15) is 42.4 Å². The van der Waals surface area contributed by atoms with Gasteiger partial charge in [-0.3, -0.25) is 0 Å². The van der Waals surface area contributed by atoms with Gasteiger partial charge in [0.15, 0.2) is 23.0 Å². The van der Waals surface area contributed by atoms with Crippen molar-refractivity contribution in [3.63, 3.8) is 0 Å². The quantitative estimate of drug-likeness (QED) is 0.0503. The van der Waals surface area contributed by atoms with Gasteiger partial charge >= 0.3 is 11.9 Å². The van der Waals surface area contributed by atoms with E-state index in [1.54, 1.807) is 57.5 Å². The number of anilines is 3. The molecule has 6 aromatic heterocycles. The molecule has 12 nitrogen and oxygen atoms in total. The number of fused-ring (bicyclic) bond motifs is 4. The molecule has 74 heavy (non-hydrogen) atoms. The summed E-state index contributed by atoms with van der Waals surface area (Å²) in [5.41, 5.74) is 4.19. The molecule has 0 bridgehead atoms. The minimum Gasteiger partial charge on any atom is -0.494 e. The summed E-state index contributed by atoms with van der Waals surface area (Å²) in [6.07, 6.45) is 7.33. The van der Waals surface area contributed by atoms with Gasteiger partial charge in [-0.25, -0.2) is 9.59 Å². The van der Waals surface area contributed by atoms with Gasteiger partial charge in [-0.15, -0.1) is 68.0 Å². The first-order chi connectivity index (χ1) is 36.2. The molecule has 0 radical (unpaired) electrons. The van der Waals surface area contributed by atoms with E-state index in [-0.39, 0.29) is 11.1 Å². The maximum atomic E-state index is 11.5. The van der Waals surface area contributed by atoms with E-state index in [9.17, 15) is 30.3 Å². The smallest absolute Gasteiger partial charge is 0.346 e. The third kappa shape index (κ3) is 9.76. The van der Waals surface area contributed by atoms with Gasteiger partial charge < -0.3 is 38.8 Å². The van der Waals surface area contributed by atoms with E-state index in [1.165, 1.54) is 47.7 Å². The van der Waals surface area contributed by atoms with E-state index in [1.807, 2.05) is 24.3 Å². The minimum atomic E-state index is -1.25. The molecule has 2 aliphatic rings. The lowest BCUT2D eigenvalue weighted by Crippen LogP contribution is -2.14. The molecule has 3 aromatic carbocycles. The Hall–Kier alpha value is -7.42. The zero-order valence-electron chi connectivity index (χ0n) is 39.3. The second kappa shape index (κ2) is 21.2. The first-order valence-electron chi connectivity index (χ1n) is 23.5. The van der Waals surface area contributed by atoms with Crippen molar-refractivity contribution < 1.29 is 43.5 Å². The van der Waals surface area contributed by atoms with Crippen LogP contribution >= 0.6 is 68.0 Å². The Morgan fingerprint density at radius 3 is 1.35 bits per heavy atom. The van der Waals surface area contributed by atoms with E-state index in [2.05, 4.69) is 84.6 Å². The van der Waals surface area contributed by atoms with Crippen LogP contribution in [0.4, 0.5) is 17.1 Å². The number of hydrogen-bond acceptors (Lipinski definition) is 16. The average molecular weight is 1090 g/mol. The number of nitrogens with zero attached hydrogens (tertiary/aromatic N) is 3. The number of unbranched alkanes of at least 4 members (excludes halogenated alkanes) is 3. The Balaban J connectivity index is 0.907. The fourth-order valence-electron chi connectivity index (χ4n) is 8.63. The molecule has 0 saturated carbocycles. The van der Waals surface area contributed by atoms with Crippen LogP contribution in [0.5, 0.6) is 28.7 Å². The van der Waals surface area contributed by atoms with E-state index < -0.39 is 11.9 Å². The summed E-state index contributed by atoms with van der Waals surface area (Å²) in [5, 5.41) is 37.3. The molecule has 0 fully saturated rings. The van der Waals surface area contributed by atoms with Gasteiger partial charge in [0.2, 0.25) is 0 Å². The van der Waals surface area contributed by atoms with Crippen molar-refractivity contribution in [2.75, 3.05) is 37.9 Å². The zero-order valence-corrected chi connectivity index (χ0v) is 44.2. The Labute approximate surface area is 448 Å². The molecule has 0 saturated heterocycles. The first kappa shape index (κ1) is 48.8. The zero-order chi connectivity index (χ0) is 50.9. The van der Waals surface area contributed by atoms with Crippen LogP contribution in [0.2, 0.25) is 0 Å². The molecule has 8 heterocycles. The number of carboxylic acid groups (broad SMARTS) is 2. The van der Waals surface area contributed by atoms with Crippen molar-refractivity contribution in [1.29, 1.82) is 10.5 Å². The van der Waals surface area contributed by atoms with Crippen LogP contribution in [-0.4, -0.2) is 55.2 Å². The maximum Gasteiger partial charge on any atom is 0.346 e. The molecule has 2 N–H and O–H groups in total. The molecule has 9 aromatic rings. The molecule has 18 heteroatoms. The lowest BCUT2D eigenvalue weighted by molar-refractivity contribution is -0.133. The third-order valence-corrected chi connectivity index (χ3v) is 19.4. The largest absolute Gasteiger partial charge is 0.494 e. The fraction of sp³-hybridized carbons (Fsp3) is 0.179. The van der Waals surface area contributed by atoms with Gasteiger partial charge in [-0.2, -0.15) is 10.5 Å². The molecule has 0 unspecified atom stereocenters. The van der Waals surface area contributed by atoms with Crippen molar-refractivity contribution in [1.82, 2.24) is 0 Å². The molecule has 370 valence electrons. The van der Waals surface area contributed by atoms with Crippen LogP contribution in [0.15, 0.2) is 108 Å². The number of aliphatic carboxylic acids is 2. The van der Waals surface area contributed by atoms with Gasteiger partial charge in [-0.1, -0.05) is 50.5 Å². The van der Waals surface area contributed by atoms with Crippen LogP contribution in [0, 0.1) is 22.7 Å². The van der Waals surface area contributed by atoms with Crippen molar-refractivity contribution in [3.05, 3.63) is 118 Å². The second-order valence-electron chi connectivity index (χ2n) is 17.0. The number of thiophene rings is 6. The van der Waals surface area contributed by atoms with Crippen LogP contribution < -0.4 is 28.6 Å². The van der Waals surface area contributed by atoms with Crippen molar-refractivity contribution in [3.8, 4) is 81.3 Å². The normalized spacial score (nSPS) is 13.2. The van der Waals surface area contributed by atoms with Crippen LogP contribution in [0.3, 0.4) is 0 Å². The van der Waals surface area contributed by atoms with Crippen molar-refractivity contribution in [2.45, 2.75) is 32.6 Å². The number of benzene rings is 3. The number of nitriles is 2. The highest BCUT2D eigenvalue weighted by Crippen LogP contribution is 2.58. The first-order valence-corrected chi connectivity index (χ1v) is 28.4. The van der Waals surface area contributed by atoms with Gasteiger partial charge in [0.25, 0.3) is 0 Å². The van der Waals surface area contributed by atoms with E-state index in [0.717, 1.165) is 94.8 Å². The monoisotopic (exact) mass is 1090 g/mol. The molecular formula is C56H41N3O9S6. The molecule has 0 aliphatic carbocycles. The van der Waals surface area contributed by atoms with Gasteiger partial charge in [0, 0.05) is 45.6 Å². The standard InChI is InChI=1S/C56H41N3O9S6/c1-2-3-4-5-18-64-38-16-14-37(15-17-38)59(35-10-6-31(7-11-35)51-47-49(67-21-19-65-47)53(73-51)45-27-43-41(71-45)25-39(69-43)23-33(29-57)55(60)61)36-12-8-32(9-13-36)52-48-50(68-22-20-66-48)54(74-52)46-28-44-42(72-46)26-40(70-44)24-34(30-58)56(62)63/h6-17,23-28H,2-5,18-22H2,1H3,(H,60,61)(H,62,63)/b33-23+,34-24+. The van der Waals surface area contributed by atoms with E-state index in [4.69, 9.17) is 23.7 Å². The summed E-state index contributed by atoms with van der Waals surface area (Å²) in [5.74, 6) is 1.17. The summed E-state index contributed by atoms with van der Waals surface area (Å²) in [6.45, 7) is 4.59. The molecule has 2 aliphatic heterocycles. The molecule has 0 atom stereocenters. The highest BCUT2D eigenvalue weighted by molar-refractivity contribution is 7.33. The van der Waals surface area contributed by atoms with Gasteiger partial charge in [-0.05, 0) is 102 Å². The van der Waals surface area contributed by atoms with Crippen LogP contribution in [0.25, 0.3) is 71.3 Å². The Kier molecular flexibility index (Phi) is 14.0. The average Bonchev–Trinajstić information content (AvgIpc) is 4.28. The predicted molar refractivity (Wildman–Crippen MR) is 299 cm³/mol. The van der Waals surface area contributed by atoms with Crippen molar-refractivity contribution in [2.24, 2.45) is 0 Å². The van der Waals surface area contributed by atoms with Gasteiger partial charge in [0.05, 0.1) is 35.9 Å². The van der Waals surface area contributed by atoms with Crippen LogP contribution in [-0.2, 0) is 9.59 Å². The van der Waals surface area contributed by atoms with E-state index in [0.29, 0.717) is 65.8 Å². The SMILES string of the molecule is CCCCCCOc1ccc(N(c2ccc(-c3sc(-c4cc5sc(/C=C(\C#N)C(=O)O)cc5s4)c4c3OCCO4)cc2)c2ccc(-c3sc(-c4cc5sc(/C=C(\C#N)C(=O)O)cc5s4)c4c3OCCO4)cc2)cc1. The number of ether oxygens (including phenoxy) is 5. The Morgan fingerprint density at radius 2 is 0.959 bits per heavy atom. The maximum absolute atomic E-state index is 11.5. The second-order valence-corrected chi connectivity index (χ2v) is 23.4. The highest BCUT2D eigenvalue weighted by atomic mass is 32.1. The Morgan fingerprint density at radius 1 is 0.554 bits per heavy atom. The summed E-state index contributed by atoms with van der Waals surface area (Å²) < 4.78 is 35.3. The minimum absolute atomic E-state index is 0.306. The lowest BCUT2D eigenvalue weighted by Gasteiger charge is -2.26. The highest BCUT2D eigenvalue weighted by Gasteiger charge is 2.30. The van der Waals surface area contributed by atoms with Gasteiger partial charge in [0.1, 0.15) is 55.5 Å². The Bertz CT molecular complexity index is 3460. The number of rotatable bonds is 17. The number of carboxylic acids is 2. The molecule has 11 rings (SSSR count). The topological polar surface area (TPSA) is 172 Å². The summed E-state index contributed by atoms with van der Waals surface area (Å²) in [7, 11) is 0. The number of hydrogen-bond donors (Lipinski definition) is 2. The third-order valence-electron chi connectivity index (χ3n) is 12.1. The summed E-state index contributed by atoms with van der Waals surface area (Å²) in [6, 6.07) is 36.7.